The van der Waals surface area contributed by atoms with E-state index in [1.165, 1.54) is 0 Å². The first-order valence-electron chi connectivity index (χ1n) is 8.18. The first kappa shape index (κ1) is 20.4. The van der Waals surface area contributed by atoms with Crippen LogP contribution in [-0.4, -0.2) is 32.8 Å². The highest BCUT2D eigenvalue weighted by molar-refractivity contribution is 6.35. The molecule has 2 aromatic rings. The molecule has 0 spiro atoms. The van der Waals surface area contributed by atoms with Crippen LogP contribution in [0.25, 0.3) is 0 Å². The second-order valence-corrected chi connectivity index (χ2v) is 6.28. The molecule has 1 N–H and O–H groups in total. The predicted molar refractivity (Wildman–Crippen MR) is 104 cm³/mol. The molecule has 26 heavy (non-hydrogen) atoms. The number of rotatable bonds is 10. The molecule has 5 nitrogen and oxygen atoms in total. The second-order valence-electron chi connectivity index (χ2n) is 5.44. The number of benzene rings is 2. The largest absolute Gasteiger partial charge is 0.492 e. The molecule has 0 radical (unpaired) electrons. The summed E-state index contributed by atoms with van der Waals surface area (Å²) in [5.74, 6) is 1.21. The summed E-state index contributed by atoms with van der Waals surface area (Å²) in [5.41, 5.74) is 0.718. The maximum Gasteiger partial charge on any atom is 0.224 e. The molecule has 140 valence electrons. The van der Waals surface area contributed by atoms with Gasteiger partial charge in [0.2, 0.25) is 5.91 Å². The quantitative estimate of drug-likeness (QED) is 0.584. The summed E-state index contributed by atoms with van der Waals surface area (Å²) in [7, 11) is 1.62. The third kappa shape index (κ3) is 7.12. The fourth-order valence-corrected chi connectivity index (χ4v) is 2.57. The van der Waals surface area contributed by atoms with Crippen LogP contribution in [0.3, 0.4) is 0 Å². The highest BCUT2D eigenvalue weighted by Crippen LogP contribution is 2.27. The molecule has 0 saturated heterocycles. The van der Waals surface area contributed by atoms with Crippen LogP contribution in [0.4, 0.5) is 5.69 Å². The van der Waals surface area contributed by atoms with E-state index in [2.05, 4.69) is 5.32 Å². The highest BCUT2D eigenvalue weighted by atomic mass is 35.5. The predicted octanol–water partition coefficient (Wildman–Crippen LogP) is 4.82. The van der Waals surface area contributed by atoms with Crippen molar-refractivity contribution in [2.75, 3.05) is 32.2 Å². The third-order valence-corrected chi connectivity index (χ3v) is 3.92. The van der Waals surface area contributed by atoms with Gasteiger partial charge in [-0.25, -0.2) is 0 Å². The van der Waals surface area contributed by atoms with Crippen LogP contribution in [0.1, 0.15) is 12.8 Å². The molecular formula is C19H21Cl2NO4. The molecular weight excluding hydrogens is 377 g/mol. The number of hydrogen-bond donors (Lipinski definition) is 1. The second kappa shape index (κ2) is 10.9. The lowest BCUT2D eigenvalue weighted by atomic mass is 10.2. The Bertz CT molecular complexity index is 707. The molecule has 0 fully saturated rings. The molecule has 2 rings (SSSR count). The fourth-order valence-electron chi connectivity index (χ4n) is 2.11. The normalized spacial score (nSPS) is 10.4. The van der Waals surface area contributed by atoms with Gasteiger partial charge in [-0.3, -0.25) is 4.79 Å². The van der Waals surface area contributed by atoms with Gasteiger partial charge in [-0.1, -0.05) is 23.2 Å². The minimum Gasteiger partial charge on any atom is -0.492 e. The van der Waals surface area contributed by atoms with Crippen LogP contribution in [0.5, 0.6) is 11.5 Å². The fraction of sp³-hybridized carbons (Fsp3) is 0.316. The van der Waals surface area contributed by atoms with Crippen molar-refractivity contribution < 1.29 is 19.0 Å². The van der Waals surface area contributed by atoms with Gasteiger partial charge in [-0.2, -0.15) is 0 Å². The van der Waals surface area contributed by atoms with Gasteiger partial charge in [0.15, 0.2) is 0 Å². The van der Waals surface area contributed by atoms with Gasteiger partial charge in [-0.15, -0.1) is 0 Å². The Morgan fingerprint density at radius 3 is 2.46 bits per heavy atom. The maximum absolute atomic E-state index is 12.0. The number of nitrogens with one attached hydrogen (secondary N) is 1. The highest BCUT2D eigenvalue weighted by Gasteiger charge is 2.05. The first-order chi connectivity index (χ1) is 12.6. The van der Waals surface area contributed by atoms with Crippen molar-refractivity contribution in [2.45, 2.75) is 12.8 Å². The van der Waals surface area contributed by atoms with Crippen LogP contribution < -0.4 is 14.8 Å². The monoisotopic (exact) mass is 397 g/mol. The smallest absolute Gasteiger partial charge is 0.224 e. The van der Waals surface area contributed by atoms with E-state index in [1.54, 1.807) is 49.6 Å². The van der Waals surface area contributed by atoms with Gasteiger partial charge >= 0.3 is 0 Å². The number of hydrogen-bond acceptors (Lipinski definition) is 4. The molecule has 7 heteroatoms. The number of methoxy groups -OCH3 is 1. The van der Waals surface area contributed by atoms with Crippen molar-refractivity contribution in [3.63, 3.8) is 0 Å². The number of carbonyl (C=O) groups is 1. The van der Waals surface area contributed by atoms with E-state index in [9.17, 15) is 4.79 Å². The van der Waals surface area contributed by atoms with Crippen LogP contribution in [-0.2, 0) is 9.53 Å². The molecule has 1 amide bonds. The lowest BCUT2D eigenvalue weighted by Gasteiger charge is -2.09. The lowest BCUT2D eigenvalue weighted by molar-refractivity contribution is -0.116. The molecule has 2 aromatic carbocycles. The van der Waals surface area contributed by atoms with Crippen LogP contribution in [0.2, 0.25) is 10.0 Å². The van der Waals surface area contributed by atoms with E-state index < -0.39 is 0 Å². The Kier molecular flexibility index (Phi) is 8.54. The SMILES string of the molecule is COCCOc1ccc(NC(=O)CCCOc2ccc(Cl)cc2Cl)cc1. The molecule has 0 bridgehead atoms. The van der Waals surface area contributed by atoms with Gasteiger partial charge in [0.05, 0.1) is 18.2 Å². The molecule has 0 aliphatic heterocycles. The first-order valence-corrected chi connectivity index (χ1v) is 8.93. The number of carbonyl (C=O) groups excluding carboxylic acids is 1. The Morgan fingerprint density at radius 2 is 1.77 bits per heavy atom. The molecule has 0 atom stereocenters. The van der Waals surface area contributed by atoms with Gasteiger partial charge in [-0.05, 0) is 48.9 Å². The van der Waals surface area contributed by atoms with E-state index in [-0.39, 0.29) is 5.91 Å². The number of anilines is 1. The van der Waals surface area contributed by atoms with Crippen LogP contribution in [0, 0.1) is 0 Å². The van der Waals surface area contributed by atoms with Crippen LogP contribution >= 0.6 is 23.2 Å². The van der Waals surface area contributed by atoms with Gasteiger partial charge in [0.1, 0.15) is 18.1 Å². The summed E-state index contributed by atoms with van der Waals surface area (Å²) >= 11 is 11.9. The minimum atomic E-state index is -0.0798. The van der Waals surface area contributed by atoms with E-state index in [1.807, 2.05) is 0 Å². The average Bonchev–Trinajstić information content (AvgIpc) is 2.62. The van der Waals surface area contributed by atoms with Crippen LogP contribution in [0.15, 0.2) is 42.5 Å². The Morgan fingerprint density at radius 1 is 1.00 bits per heavy atom. The molecule has 0 aliphatic rings. The van der Waals surface area contributed by atoms with E-state index in [0.29, 0.717) is 48.5 Å². The van der Waals surface area contributed by atoms with Crippen molar-refractivity contribution in [3.05, 3.63) is 52.5 Å². The molecule has 0 heterocycles. The zero-order valence-electron chi connectivity index (χ0n) is 14.5. The summed E-state index contributed by atoms with van der Waals surface area (Å²) in [6.07, 6.45) is 0.917. The standard InChI is InChI=1S/C19H21Cl2NO4/c1-24-11-12-25-16-7-5-15(6-8-16)22-19(23)3-2-10-26-18-9-4-14(20)13-17(18)21/h4-9,13H,2-3,10-12H2,1H3,(H,22,23). The summed E-state index contributed by atoms with van der Waals surface area (Å²) in [6, 6.07) is 12.2. The van der Waals surface area contributed by atoms with Crippen molar-refractivity contribution in [2.24, 2.45) is 0 Å². The zero-order chi connectivity index (χ0) is 18.8. The summed E-state index contributed by atoms with van der Waals surface area (Å²) < 4.78 is 16.0. The molecule has 0 saturated carbocycles. The molecule has 0 unspecified atom stereocenters. The van der Waals surface area contributed by atoms with Gasteiger partial charge in [0.25, 0.3) is 0 Å². The Balaban J connectivity index is 1.68. The van der Waals surface area contributed by atoms with E-state index in [4.69, 9.17) is 37.4 Å². The zero-order valence-corrected chi connectivity index (χ0v) is 16.0. The number of ether oxygens (including phenoxy) is 3. The van der Waals surface area contributed by atoms with Gasteiger partial charge < -0.3 is 19.5 Å². The van der Waals surface area contributed by atoms with Crippen molar-refractivity contribution in [1.82, 2.24) is 0 Å². The van der Waals surface area contributed by atoms with E-state index in [0.717, 1.165) is 11.4 Å². The van der Waals surface area contributed by atoms with Crippen molar-refractivity contribution in [1.29, 1.82) is 0 Å². The third-order valence-electron chi connectivity index (χ3n) is 3.39. The average molecular weight is 398 g/mol. The number of amides is 1. The lowest BCUT2D eigenvalue weighted by Crippen LogP contribution is -2.13. The summed E-state index contributed by atoms with van der Waals surface area (Å²) in [6.45, 7) is 1.41. The molecule has 0 aliphatic carbocycles. The molecule has 0 aromatic heterocycles. The van der Waals surface area contributed by atoms with Crippen molar-refractivity contribution in [3.8, 4) is 11.5 Å². The minimum absolute atomic E-state index is 0.0798. The van der Waals surface area contributed by atoms with Crippen molar-refractivity contribution >= 4 is 34.8 Å². The summed E-state index contributed by atoms with van der Waals surface area (Å²) in [4.78, 5) is 12.0. The van der Waals surface area contributed by atoms with Gasteiger partial charge in [0, 0.05) is 24.2 Å². The van der Waals surface area contributed by atoms with E-state index >= 15 is 0 Å². The Hall–Kier alpha value is -1.95. The number of halogens is 2. The topological polar surface area (TPSA) is 56.8 Å². The summed E-state index contributed by atoms with van der Waals surface area (Å²) in [5, 5.41) is 3.84. The Labute approximate surface area is 163 Å². The maximum atomic E-state index is 12.0.